The highest BCUT2D eigenvalue weighted by Crippen LogP contribution is 2.44. The lowest BCUT2D eigenvalue weighted by Gasteiger charge is -2.44. The maximum atomic E-state index is 13.0. The minimum Gasteiger partial charge on any atom is -0.338 e. The Morgan fingerprint density at radius 3 is 2.57 bits per heavy atom. The van der Waals surface area contributed by atoms with Gasteiger partial charge in [-0.2, -0.15) is 24.9 Å². The van der Waals surface area contributed by atoms with Crippen LogP contribution in [0.5, 0.6) is 0 Å². The minimum atomic E-state index is -4.19. The maximum absolute atomic E-state index is 13.0. The Bertz CT molecular complexity index is 348. The number of nitrogens with zero attached hydrogens (tertiary/aromatic N) is 1. The second-order valence-corrected chi connectivity index (χ2v) is 7.21. The Balaban J connectivity index is 2.43. The number of hydrogen-bond acceptors (Lipinski definition) is 2. The highest BCUT2D eigenvalue weighted by Gasteiger charge is 2.51. The summed E-state index contributed by atoms with van der Waals surface area (Å²) in [6.45, 7) is 4.07. The Hall–Kier alpha value is -0.590. The summed E-state index contributed by atoms with van der Waals surface area (Å²) in [5.74, 6) is -0.282. The fourth-order valence-electron chi connectivity index (χ4n) is 2.82. The van der Waals surface area contributed by atoms with E-state index < -0.39 is 17.5 Å². The second kappa shape index (κ2) is 7.61. The van der Waals surface area contributed by atoms with Gasteiger partial charge in [0.2, 0.25) is 0 Å². The van der Waals surface area contributed by atoms with Gasteiger partial charge in [-0.15, -0.1) is 0 Å². The lowest BCUT2D eigenvalue weighted by atomic mass is 9.73. The van der Waals surface area contributed by atoms with Crippen LogP contribution in [-0.2, 0) is 0 Å². The molecule has 1 aliphatic rings. The molecule has 0 bridgehead atoms. The van der Waals surface area contributed by atoms with Gasteiger partial charge in [0.05, 0.1) is 5.92 Å². The summed E-state index contributed by atoms with van der Waals surface area (Å²) in [6.07, 6.45) is -0.246. The van der Waals surface area contributed by atoms with E-state index in [1.807, 2.05) is 6.26 Å². The molecular weight excluding hydrogens is 301 g/mol. The normalized spacial score (nSPS) is 22.2. The van der Waals surface area contributed by atoms with Gasteiger partial charge < -0.3 is 10.2 Å². The Morgan fingerprint density at radius 2 is 2.05 bits per heavy atom. The van der Waals surface area contributed by atoms with E-state index in [0.717, 1.165) is 18.6 Å². The number of halogens is 3. The van der Waals surface area contributed by atoms with Crippen LogP contribution in [0.2, 0.25) is 0 Å². The minimum absolute atomic E-state index is 0.0175. The van der Waals surface area contributed by atoms with Crippen LogP contribution in [0.4, 0.5) is 18.0 Å². The Kier molecular flexibility index (Phi) is 6.69. The van der Waals surface area contributed by atoms with E-state index in [0.29, 0.717) is 6.54 Å². The standard InChI is InChI=1S/C14H25F3N2OS/c1-13(2)10-19(8-6-11(13)14(15,16)17)12(20)18-7-4-5-9-21-3/h11H,4-10H2,1-3H3,(H,18,20)/t11-/m0/s1. The molecule has 0 aliphatic carbocycles. The molecule has 0 radical (unpaired) electrons. The van der Waals surface area contributed by atoms with E-state index in [4.69, 9.17) is 0 Å². The number of carbonyl (C=O) groups excluding carboxylic acids is 1. The number of thioether (sulfide) groups is 1. The molecule has 1 fully saturated rings. The molecule has 0 aromatic carbocycles. The molecule has 1 saturated heterocycles. The summed E-state index contributed by atoms with van der Waals surface area (Å²) in [5.41, 5.74) is -0.938. The number of urea groups is 1. The zero-order valence-electron chi connectivity index (χ0n) is 12.9. The van der Waals surface area contributed by atoms with Crippen molar-refractivity contribution in [3.05, 3.63) is 0 Å². The molecule has 3 nitrogen and oxygen atoms in total. The molecule has 0 aromatic heterocycles. The fraction of sp³-hybridized carbons (Fsp3) is 0.929. The molecular formula is C14H25F3N2OS. The first-order valence-electron chi connectivity index (χ1n) is 7.27. The third-order valence-corrected chi connectivity index (χ3v) is 4.66. The van der Waals surface area contributed by atoms with Crippen molar-refractivity contribution in [2.75, 3.05) is 31.6 Å². The third-order valence-electron chi connectivity index (χ3n) is 3.96. The molecule has 0 saturated carbocycles. The summed E-state index contributed by atoms with van der Waals surface area (Å²) in [4.78, 5) is 13.5. The monoisotopic (exact) mass is 326 g/mol. The van der Waals surface area contributed by atoms with Gasteiger partial charge in [-0.1, -0.05) is 13.8 Å². The summed E-state index contributed by atoms with van der Waals surface area (Å²) >= 11 is 1.76. The van der Waals surface area contributed by atoms with E-state index in [9.17, 15) is 18.0 Å². The summed E-state index contributed by atoms with van der Waals surface area (Å²) in [5, 5.41) is 2.80. The van der Waals surface area contributed by atoms with E-state index >= 15 is 0 Å². The van der Waals surface area contributed by atoms with Crippen molar-refractivity contribution in [2.24, 2.45) is 11.3 Å². The van der Waals surface area contributed by atoms with Gasteiger partial charge >= 0.3 is 12.2 Å². The van der Waals surface area contributed by atoms with Crippen molar-refractivity contribution < 1.29 is 18.0 Å². The van der Waals surface area contributed by atoms with Crippen LogP contribution in [0.15, 0.2) is 0 Å². The molecule has 1 rings (SSSR count). The van der Waals surface area contributed by atoms with Crippen LogP contribution >= 0.6 is 11.8 Å². The molecule has 0 spiro atoms. The van der Waals surface area contributed by atoms with Gasteiger partial charge in [-0.3, -0.25) is 0 Å². The third kappa shape index (κ3) is 5.60. The number of carbonyl (C=O) groups is 1. The smallest absolute Gasteiger partial charge is 0.338 e. The van der Waals surface area contributed by atoms with E-state index in [-0.39, 0.29) is 25.5 Å². The first kappa shape index (κ1) is 18.5. The van der Waals surface area contributed by atoms with E-state index in [2.05, 4.69) is 5.32 Å². The van der Waals surface area contributed by atoms with Gasteiger partial charge in [0.1, 0.15) is 0 Å². The molecule has 2 amide bonds. The van der Waals surface area contributed by atoms with Crippen LogP contribution in [-0.4, -0.2) is 48.8 Å². The van der Waals surface area contributed by atoms with Gasteiger partial charge in [0.25, 0.3) is 0 Å². The molecule has 1 heterocycles. The van der Waals surface area contributed by atoms with Gasteiger partial charge in [-0.05, 0) is 36.7 Å². The van der Waals surface area contributed by atoms with Crippen LogP contribution in [0.3, 0.4) is 0 Å². The van der Waals surface area contributed by atoms with Crippen LogP contribution < -0.4 is 5.32 Å². The van der Waals surface area contributed by atoms with Crippen molar-refractivity contribution in [2.45, 2.75) is 39.3 Å². The number of piperidine rings is 1. The lowest BCUT2D eigenvalue weighted by Crippen LogP contribution is -2.54. The van der Waals surface area contributed by atoms with Gasteiger partial charge in [0.15, 0.2) is 0 Å². The lowest BCUT2D eigenvalue weighted by molar-refractivity contribution is -0.214. The number of unbranched alkanes of at least 4 members (excludes halogenated alkanes) is 1. The first-order chi connectivity index (χ1) is 9.68. The number of likely N-dealkylation sites (tertiary alicyclic amines) is 1. The molecule has 7 heteroatoms. The van der Waals surface area contributed by atoms with Crippen LogP contribution in [0.25, 0.3) is 0 Å². The first-order valence-corrected chi connectivity index (χ1v) is 8.66. The van der Waals surface area contributed by atoms with Crippen molar-refractivity contribution in [3.63, 3.8) is 0 Å². The molecule has 0 aromatic rings. The average molecular weight is 326 g/mol. The van der Waals surface area contributed by atoms with E-state index in [1.54, 1.807) is 25.6 Å². The SMILES string of the molecule is CSCCCCNC(=O)N1CC[C@H](C(F)(F)F)C(C)(C)C1. The quantitative estimate of drug-likeness (QED) is 0.781. The summed E-state index contributed by atoms with van der Waals surface area (Å²) < 4.78 is 38.9. The van der Waals surface area contributed by atoms with Gasteiger partial charge in [-0.25, -0.2) is 4.79 Å². The van der Waals surface area contributed by atoms with Crippen molar-refractivity contribution in [3.8, 4) is 0 Å². The highest BCUT2D eigenvalue weighted by atomic mass is 32.2. The van der Waals surface area contributed by atoms with E-state index in [1.165, 1.54) is 4.90 Å². The van der Waals surface area contributed by atoms with Crippen molar-refractivity contribution in [1.29, 1.82) is 0 Å². The zero-order chi connectivity index (χ0) is 16.1. The van der Waals surface area contributed by atoms with Crippen LogP contribution in [0, 0.1) is 11.3 Å². The number of hydrogen-bond donors (Lipinski definition) is 1. The number of nitrogens with one attached hydrogen (secondary N) is 1. The highest BCUT2D eigenvalue weighted by molar-refractivity contribution is 7.98. The predicted molar refractivity (Wildman–Crippen MR) is 80.5 cm³/mol. The van der Waals surface area contributed by atoms with Crippen molar-refractivity contribution in [1.82, 2.24) is 10.2 Å². The molecule has 124 valence electrons. The maximum Gasteiger partial charge on any atom is 0.392 e. The molecule has 1 N–H and O–H groups in total. The molecule has 1 atom stereocenters. The fourth-order valence-corrected chi connectivity index (χ4v) is 3.31. The summed E-state index contributed by atoms with van der Waals surface area (Å²) in [7, 11) is 0. The largest absolute Gasteiger partial charge is 0.392 e. The summed E-state index contributed by atoms with van der Waals surface area (Å²) in [6, 6.07) is -0.243. The van der Waals surface area contributed by atoms with Gasteiger partial charge in [0, 0.05) is 19.6 Å². The second-order valence-electron chi connectivity index (χ2n) is 6.22. The Morgan fingerprint density at radius 1 is 1.38 bits per heavy atom. The van der Waals surface area contributed by atoms with Crippen LogP contribution in [0.1, 0.15) is 33.1 Å². The topological polar surface area (TPSA) is 32.3 Å². The van der Waals surface area contributed by atoms with Crippen molar-refractivity contribution >= 4 is 17.8 Å². The average Bonchev–Trinajstić information content (AvgIpc) is 2.35. The number of amides is 2. The number of rotatable bonds is 5. The predicted octanol–water partition coefficient (Wildman–Crippen LogP) is 3.75. The molecule has 21 heavy (non-hydrogen) atoms. The molecule has 1 aliphatic heterocycles. The zero-order valence-corrected chi connectivity index (χ0v) is 13.7. The number of alkyl halides is 3. The molecule has 0 unspecified atom stereocenters. The Labute approximate surface area is 129 Å².